The fraction of sp³-hybridized carbons (Fsp3) is 0.455. The van der Waals surface area contributed by atoms with Crippen molar-refractivity contribution in [2.24, 2.45) is 0 Å². The first-order valence-corrected chi connectivity index (χ1v) is 5.27. The van der Waals surface area contributed by atoms with E-state index in [1.54, 1.807) is 18.2 Å². The highest BCUT2D eigenvalue weighted by Gasteiger charge is 2.04. The average Bonchev–Trinajstić information content (AvgIpc) is 2.19. The summed E-state index contributed by atoms with van der Waals surface area (Å²) in [5.74, 6) is -0.273. The normalized spacial score (nSPS) is 10.5. The van der Waals surface area contributed by atoms with Crippen LogP contribution in [0.5, 0.6) is 0 Å². The highest BCUT2D eigenvalue weighted by atomic mass is 35.5. The molecule has 0 unspecified atom stereocenters. The molecule has 0 saturated heterocycles. The third-order valence-electron chi connectivity index (χ3n) is 2.08. The van der Waals surface area contributed by atoms with Crippen molar-refractivity contribution in [2.75, 3.05) is 13.1 Å². The Kier molecular flexibility index (Phi) is 4.91. The van der Waals surface area contributed by atoms with Gasteiger partial charge in [-0.05, 0) is 37.6 Å². The molecule has 0 aromatic heterocycles. The van der Waals surface area contributed by atoms with Gasteiger partial charge in [-0.15, -0.1) is 0 Å². The van der Waals surface area contributed by atoms with Gasteiger partial charge in [0.15, 0.2) is 0 Å². The van der Waals surface area contributed by atoms with E-state index >= 15 is 0 Å². The molecule has 0 fully saturated rings. The number of rotatable bonds is 5. The van der Waals surface area contributed by atoms with E-state index in [1.165, 1.54) is 0 Å². The topological polar surface area (TPSA) is 12.0 Å². The molecule has 0 spiro atoms. The summed E-state index contributed by atoms with van der Waals surface area (Å²) >= 11 is 5.66. The van der Waals surface area contributed by atoms with Crippen molar-refractivity contribution >= 4 is 11.6 Å². The van der Waals surface area contributed by atoms with E-state index in [1.807, 2.05) is 0 Å². The van der Waals surface area contributed by atoms with Crippen LogP contribution in [-0.2, 0) is 6.42 Å². The molecule has 0 saturated carbocycles. The Balaban J connectivity index is 2.46. The van der Waals surface area contributed by atoms with Crippen LogP contribution in [0.25, 0.3) is 0 Å². The standard InChI is InChI=1S/C11H15ClFN/c1-2-14-8-4-6-9-5-3-7-10(12)11(9)13/h3,5,7,14H,2,4,6,8H2,1H3. The fourth-order valence-electron chi connectivity index (χ4n) is 1.32. The second kappa shape index (κ2) is 5.99. The number of hydrogen-bond acceptors (Lipinski definition) is 1. The first-order valence-electron chi connectivity index (χ1n) is 4.89. The Morgan fingerprint density at radius 3 is 2.93 bits per heavy atom. The molecular weight excluding hydrogens is 201 g/mol. The summed E-state index contributed by atoms with van der Waals surface area (Å²) in [5, 5.41) is 3.41. The van der Waals surface area contributed by atoms with E-state index in [2.05, 4.69) is 12.2 Å². The van der Waals surface area contributed by atoms with Crippen LogP contribution in [0.1, 0.15) is 18.9 Å². The van der Waals surface area contributed by atoms with Crippen molar-refractivity contribution in [1.29, 1.82) is 0 Å². The van der Waals surface area contributed by atoms with Crippen LogP contribution < -0.4 is 5.32 Å². The van der Waals surface area contributed by atoms with Crippen molar-refractivity contribution in [1.82, 2.24) is 5.32 Å². The highest BCUT2D eigenvalue weighted by molar-refractivity contribution is 6.30. The van der Waals surface area contributed by atoms with Gasteiger partial charge in [0, 0.05) is 0 Å². The van der Waals surface area contributed by atoms with Crippen LogP contribution in [0, 0.1) is 5.82 Å². The van der Waals surface area contributed by atoms with E-state index in [0.717, 1.165) is 25.9 Å². The van der Waals surface area contributed by atoms with E-state index in [-0.39, 0.29) is 10.8 Å². The zero-order chi connectivity index (χ0) is 10.4. The number of nitrogens with one attached hydrogen (secondary N) is 1. The van der Waals surface area contributed by atoms with Crippen LogP contribution >= 0.6 is 11.6 Å². The van der Waals surface area contributed by atoms with Gasteiger partial charge in [0.2, 0.25) is 0 Å². The minimum atomic E-state index is -0.273. The smallest absolute Gasteiger partial charge is 0.144 e. The van der Waals surface area contributed by atoms with Crippen molar-refractivity contribution in [3.8, 4) is 0 Å². The summed E-state index contributed by atoms with van der Waals surface area (Å²) in [5.41, 5.74) is 0.704. The SMILES string of the molecule is CCNCCCc1cccc(Cl)c1F. The summed E-state index contributed by atoms with van der Waals surface area (Å²) in [6.45, 7) is 3.93. The number of aryl methyl sites for hydroxylation is 1. The molecule has 3 heteroatoms. The Hall–Kier alpha value is -0.600. The van der Waals surface area contributed by atoms with Crippen LogP contribution in [-0.4, -0.2) is 13.1 Å². The monoisotopic (exact) mass is 215 g/mol. The van der Waals surface area contributed by atoms with Crippen LogP contribution in [0.2, 0.25) is 5.02 Å². The van der Waals surface area contributed by atoms with Gasteiger partial charge in [0.1, 0.15) is 5.82 Å². The van der Waals surface area contributed by atoms with E-state index in [4.69, 9.17) is 11.6 Å². The molecular formula is C11H15ClFN. The van der Waals surface area contributed by atoms with Crippen LogP contribution in [0.4, 0.5) is 4.39 Å². The Labute approximate surface area is 89.3 Å². The molecule has 0 heterocycles. The van der Waals surface area contributed by atoms with Gasteiger partial charge in [-0.25, -0.2) is 4.39 Å². The maximum atomic E-state index is 13.4. The largest absolute Gasteiger partial charge is 0.317 e. The zero-order valence-corrected chi connectivity index (χ0v) is 9.07. The van der Waals surface area contributed by atoms with E-state index in [0.29, 0.717) is 5.56 Å². The molecule has 14 heavy (non-hydrogen) atoms. The second-order valence-electron chi connectivity index (χ2n) is 3.17. The molecule has 0 bridgehead atoms. The van der Waals surface area contributed by atoms with Gasteiger partial charge in [-0.2, -0.15) is 0 Å². The summed E-state index contributed by atoms with van der Waals surface area (Å²) in [6, 6.07) is 5.14. The fourth-order valence-corrected chi connectivity index (χ4v) is 1.52. The number of hydrogen-bond donors (Lipinski definition) is 1. The summed E-state index contributed by atoms with van der Waals surface area (Å²) in [6.07, 6.45) is 1.67. The minimum absolute atomic E-state index is 0.214. The predicted molar refractivity (Wildman–Crippen MR) is 58.3 cm³/mol. The van der Waals surface area contributed by atoms with Gasteiger partial charge >= 0.3 is 0 Å². The van der Waals surface area contributed by atoms with Crippen LogP contribution in [0.15, 0.2) is 18.2 Å². The lowest BCUT2D eigenvalue weighted by Crippen LogP contribution is -2.14. The van der Waals surface area contributed by atoms with Crippen molar-refractivity contribution in [2.45, 2.75) is 19.8 Å². The molecule has 1 aromatic rings. The zero-order valence-electron chi connectivity index (χ0n) is 8.32. The highest BCUT2D eigenvalue weighted by Crippen LogP contribution is 2.18. The summed E-state index contributed by atoms with van der Waals surface area (Å²) in [7, 11) is 0. The summed E-state index contributed by atoms with van der Waals surface area (Å²) in [4.78, 5) is 0. The number of benzene rings is 1. The maximum Gasteiger partial charge on any atom is 0.144 e. The first kappa shape index (κ1) is 11.5. The van der Waals surface area contributed by atoms with Gasteiger partial charge < -0.3 is 5.32 Å². The van der Waals surface area contributed by atoms with Crippen molar-refractivity contribution in [3.05, 3.63) is 34.6 Å². The lowest BCUT2D eigenvalue weighted by Gasteiger charge is -2.04. The van der Waals surface area contributed by atoms with Crippen molar-refractivity contribution < 1.29 is 4.39 Å². The van der Waals surface area contributed by atoms with Gasteiger partial charge in [-0.3, -0.25) is 0 Å². The van der Waals surface area contributed by atoms with Gasteiger partial charge in [0.25, 0.3) is 0 Å². The molecule has 0 atom stereocenters. The third-order valence-corrected chi connectivity index (χ3v) is 2.37. The molecule has 1 rings (SSSR count). The predicted octanol–water partition coefficient (Wildman–Crippen LogP) is 3.02. The summed E-state index contributed by atoms with van der Waals surface area (Å²) < 4.78 is 13.4. The Morgan fingerprint density at radius 1 is 1.43 bits per heavy atom. The molecule has 0 radical (unpaired) electrons. The molecule has 0 amide bonds. The van der Waals surface area contributed by atoms with E-state index in [9.17, 15) is 4.39 Å². The lowest BCUT2D eigenvalue weighted by molar-refractivity contribution is 0.597. The molecule has 0 aliphatic carbocycles. The van der Waals surface area contributed by atoms with Crippen LogP contribution in [0.3, 0.4) is 0 Å². The van der Waals surface area contributed by atoms with Gasteiger partial charge in [-0.1, -0.05) is 30.7 Å². The maximum absolute atomic E-state index is 13.4. The molecule has 1 N–H and O–H groups in total. The first-order chi connectivity index (χ1) is 6.75. The van der Waals surface area contributed by atoms with E-state index < -0.39 is 0 Å². The molecule has 0 aliphatic rings. The third kappa shape index (κ3) is 3.28. The average molecular weight is 216 g/mol. The molecule has 78 valence electrons. The lowest BCUT2D eigenvalue weighted by atomic mass is 10.1. The van der Waals surface area contributed by atoms with Crippen molar-refractivity contribution in [3.63, 3.8) is 0 Å². The Morgan fingerprint density at radius 2 is 2.21 bits per heavy atom. The number of halogens is 2. The second-order valence-corrected chi connectivity index (χ2v) is 3.58. The molecule has 0 aliphatic heterocycles. The quantitative estimate of drug-likeness (QED) is 0.745. The van der Waals surface area contributed by atoms with Gasteiger partial charge in [0.05, 0.1) is 5.02 Å². The molecule has 1 nitrogen and oxygen atoms in total. The Bertz CT molecular complexity index is 289. The molecule has 1 aromatic carbocycles. The minimum Gasteiger partial charge on any atom is -0.317 e.